The minimum Gasteiger partial charge on any atom is -0.296 e. The highest BCUT2D eigenvalue weighted by molar-refractivity contribution is 7.22. The maximum Gasteiger partial charge on any atom is 0.281 e. The molecule has 0 fully saturated rings. The van der Waals surface area contributed by atoms with E-state index in [0.29, 0.717) is 26.1 Å². The molecule has 6 nitrogen and oxygen atoms in total. The van der Waals surface area contributed by atoms with Crippen molar-refractivity contribution < 1.29 is 9.18 Å². The quantitative estimate of drug-likeness (QED) is 0.569. The lowest BCUT2D eigenvalue weighted by molar-refractivity contribution is 0.101. The number of fused-ring (bicyclic) bond motifs is 2. The van der Waals surface area contributed by atoms with E-state index in [2.05, 4.69) is 15.4 Å². The molecule has 0 unspecified atom stereocenters. The average molecular weight is 389 g/mol. The number of aryl methyl sites for hydroxylation is 1. The molecule has 4 rings (SSSR count). The van der Waals surface area contributed by atoms with Crippen LogP contribution in [0.1, 0.15) is 10.5 Å². The van der Waals surface area contributed by atoms with Crippen molar-refractivity contribution in [3.8, 4) is 0 Å². The van der Waals surface area contributed by atoms with Gasteiger partial charge in [-0.25, -0.2) is 9.37 Å². The van der Waals surface area contributed by atoms with Gasteiger partial charge in [-0.3, -0.25) is 19.6 Å². The van der Waals surface area contributed by atoms with E-state index < -0.39 is 11.3 Å². The molecule has 1 amide bonds. The van der Waals surface area contributed by atoms with Gasteiger partial charge in [0.15, 0.2) is 10.8 Å². The average Bonchev–Trinajstić information content (AvgIpc) is 2.99. The molecule has 0 spiro atoms. The molecule has 0 aliphatic rings. The van der Waals surface area contributed by atoms with E-state index in [9.17, 15) is 14.0 Å². The molecule has 0 aliphatic carbocycles. The van der Waals surface area contributed by atoms with E-state index in [-0.39, 0.29) is 16.6 Å². The van der Waals surface area contributed by atoms with E-state index >= 15 is 0 Å². The number of halogens is 2. The molecule has 26 heavy (non-hydrogen) atoms. The number of benzene rings is 2. The largest absolute Gasteiger partial charge is 0.296 e. The first-order chi connectivity index (χ1) is 12.4. The van der Waals surface area contributed by atoms with Crippen molar-refractivity contribution in [2.45, 2.75) is 0 Å². The normalized spacial score (nSPS) is 11.2. The van der Waals surface area contributed by atoms with Gasteiger partial charge in [0.25, 0.3) is 5.91 Å². The Labute approximate surface area is 154 Å². The van der Waals surface area contributed by atoms with Gasteiger partial charge in [-0.1, -0.05) is 22.9 Å². The predicted molar refractivity (Wildman–Crippen MR) is 99.5 cm³/mol. The number of rotatable bonds is 2. The maximum atomic E-state index is 13.3. The zero-order valence-corrected chi connectivity index (χ0v) is 14.9. The van der Waals surface area contributed by atoms with Crippen LogP contribution in [0.25, 0.3) is 21.1 Å². The second-order valence-corrected chi connectivity index (χ2v) is 7.02. The summed E-state index contributed by atoms with van der Waals surface area (Å²) in [6, 6.07) is 8.95. The molecule has 9 heteroatoms. The fourth-order valence-electron chi connectivity index (χ4n) is 2.61. The Hall–Kier alpha value is -2.84. The summed E-state index contributed by atoms with van der Waals surface area (Å²) in [5, 5.41) is 7.55. The molecule has 0 radical (unpaired) electrons. The van der Waals surface area contributed by atoms with Crippen molar-refractivity contribution in [3.63, 3.8) is 0 Å². The smallest absolute Gasteiger partial charge is 0.281 e. The SMILES string of the molecule is Cn1nc(C(=O)Nc2nc3ccc(F)cc3s2)c(=O)c2cc(Cl)ccc21. The molecule has 2 aromatic heterocycles. The van der Waals surface area contributed by atoms with Gasteiger partial charge in [0, 0.05) is 12.1 Å². The summed E-state index contributed by atoms with van der Waals surface area (Å²) in [6.45, 7) is 0. The van der Waals surface area contributed by atoms with E-state index in [0.717, 1.165) is 11.3 Å². The van der Waals surface area contributed by atoms with Gasteiger partial charge in [0.2, 0.25) is 5.43 Å². The van der Waals surface area contributed by atoms with Crippen molar-refractivity contribution >= 4 is 55.1 Å². The Balaban J connectivity index is 1.75. The van der Waals surface area contributed by atoms with E-state index in [4.69, 9.17) is 11.6 Å². The fourth-order valence-corrected chi connectivity index (χ4v) is 3.66. The summed E-state index contributed by atoms with van der Waals surface area (Å²) in [5.74, 6) is -1.08. The van der Waals surface area contributed by atoms with E-state index in [1.165, 1.54) is 28.9 Å². The molecule has 0 saturated carbocycles. The molecular weight excluding hydrogens is 379 g/mol. The predicted octanol–water partition coefficient (Wildman–Crippen LogP) is 3.59. The summed E-state index contributed by atoms with van der Waals surface area (Å²) < 4.78 is 15.3. The Kier molecular flexibility index (Phi) is 3.93. The molecule has 4 aromatic rings. The number of hydrogen-bond donors (Lipinski definition) is 1. The zero-order valence-electron chi connectivity index (χ0n) is 13.3. The van der Waals surface area contributed by atoms with E-state index in [1.54, 1.807) is 19.2 Å². The highest BCUT2D eigenvalue weighted by Gasteiger charge is 2.18. The molecule has 0 aliphatic heterocycles. The third-order valence-corrected chi connectivity index (χ3v) is 4.97. The second-order valence-electron chi connectivity index (χ2n) is 5.55. The van der Waals surface area contributed by atoms with Crippen molar-refractivity contribution in [1.29, 1.82) is 0 Å². The van der Waals surface area contributed by atoms with Crippen molar-refractivity contribution in [3.05, 3.63) is 63.2 Å². The molecule has 130 valence electrons. The second kappa shape index (κ2) is 6.15. The Morgan fingerprint density at radius 1 is 1.27 bits per heavy atom. The Morgan fingerprint density at radius 3 is 2.88 bits per heavy atom. The maximum absolute atomic E-state index is 13.3. The number of carbonyl (C=O) groups is 1. The van der Waals surface area contributed by atoms with Gasteiger partial charge < -0.3 is 0 Å². The summed E-state index contributed by atoms with van der Waals surface area (Å²) in [6.07, 6.45) is 0. The molecule has 2 heterocycles. The third kappa shape index (κ3) is 2.83. The van der Waals surface area contributed by atoms with Crippen LogP contribution >= 0.6 is 22.9 Å². The van der Waals surface area contributed by atoms with Gasteiger partial charge in [-0.2, -0.15) is 5.10 Å². The summed E-state index contributed by atoms with van der Waals surface area (Å²) in [7, 11) is 1.63. The monoisotopic (exact) mass is 388 g/mol. The lowest BCUT2D eigenvalue weighted by atomic mass is 10.2. The highest BCUT2D eigenvalue weighted by atomic mass is 35.5. The molecule has 0 atom stereocenters. The third-order valence-electron chi connectivity index (χ3n) is 3.80. The minimum absolute atomic E-state index is 0.255. The molecule has 1 N–H and O–H groups in total. The first-order valence-corrected chi connectivity index (χ1v) is 8.66. The lowest BCUT2D eigenvalue weighted by Gasteiger charge is -2.07. The Morgan fingerprint density at radius 2 is 2.08 bits per heavy atom. The summed E-state index contributed by atoms with van der Waals surface area (Å²) >= 11 is 7.06. The molecule has 0 saturated heterocycles. The van der Waals surface area contributed by atoms with Crippen LogP contribution in [0.4, 0.5) is 9.52 Å². The van der Waals surface area contributed by atoms with Gasteiger partial charge in [0.05, 0.1) is 21.1 Å². The van der Waals surface area contributed by atoms with Crippen LogP contribution in [0.3, 0.4) is 0 Å². The number of hydrogen-bond acceptors (Lipinski definition) is 5. The minimum atomic E-state index is -0.688. The summed E-state index contributed by atoms with van der Waals surface area (Å²) in [4.78, 5) is 29.4. The number of thiazole rings is 1. The number of amides is 1. The fraction of sp³-hybridized carbons (Fsp3) is 0.0588. The highest BCUT2D eigenvalue weighted by Crippen LogP contribution is 2.26. The van der Waals surface area contributed by atoms with E-state index in [1.807, 2.05) is 0 Å². The molecule has 2 aromatic carbocycles. The molecule has 0 bridgehead atoms. The Bertz CT molecular complexity index is 1250. The number of aromatic nitrogens is 3. The van der Waals surface area contributed by atoms with Crippen molar-refractivity contribution in [2.75, 3.05) is 5.32 Å². The zero-order chi connectivity index (χ0) is 18.4. The van der Waals surface area contributed by atoms with Gasteiger partial charge >= 0.3 is 0 Å². The van der Waals surface area contributed by atoms with Crippen LogP contribution in [-0.2, 0) is 7.05 Å². The first-order valence-electron chi connectivity index (χ1n) is 7.46. The molecular formula is C17H10ClFN4O2S. The van der Waals surface area contributed by atoms with Crippen LogP contribution < -0.4 is 10.7 Å². The van der Waals surface area contributed by atoms with Crippen LogP contribution in [0.5, 0.6) is 0 Å². The van der Waals surface area contributed by atoms with Gasteiger partial charge in [-0.05, 0) is 36.4 Å². The summed E-state index contributed by atoms with van der Waals surface area (Å²) in [5.41, 5.74) is 0.322. The number of carbonyl (C=O) groups excluding carboxylic acids is 1. The number of nitrogens with one attached hydrogen (secondary N) is 1. The van der Waals surface area contributed by atoms with Crippen molar-refractivity contribution in [2.24, 2.45) is 7.05 Å². The topological polar surface area (TPSA) is 76.9 Å². The van der Waals surface area contributed by atoms with Crippen LogP contribution in [0.2, 0.25) is 5.02 Å². The van der Waals surface area contributed by atoms with Crippen molar-refractivity contribution in [1.82, 2.24) is 14.8 Å². The lowest BCUT2D eigenvalue weighted by Crippen LogP contribution is -2.26. The standard InChI is InChI=1S/C17H10ClFN4O2S/c1-23-12-5-2-8(18)6-10(12)15(24)14(22-23)16(25)21-17-20-11-4-3-9(19)7-13(11)26-17/h2-7H,1H3,(H,20,21,25). The van der Waals surface area contributed by atoms with Crippen LogP contribution in [0, 0.1) is 5.82 Å². The first kappa shape index (κ1) is 16.6. The number of anilines is 1. The number of nitrogens with zero attached hydrogens (tertiary/aromatic N) is 3. The van der Waals surface area contributed by atoms with Crippen LogP contribution in [-0.4, -0.2) is 20.7 Å². The van der Waals surface area contributed by atoms with Gasteiger partial charge in [0.1, 0.15) is 5.82 Å². The van der Waals surface area contributed by atoms with Crippen LogP contribution in [0.15, 0.2) is 41.2 Å². The van der Waals surface area contributed by atoms with Gasteiger partial charge in [-0.15, -0.1) is 0 Å².